The van der Waals surface area contributed by atoms with E-state index in [1.54, 1.807) is 12.1 Å². The van der Waals surface area contributed by atoms with Gasteiger partial charge in [0.1, 0.15) is 0 Å². The second-order valence-corrected chi connectivity index (χ2v) is 31.5. The van der Waals surface area contributed by atoms with Gasteiger partial charge in [-0.25, -0.2) is 0 Å². The Morgan fingerprint density at radius 3 is 0.985 bits per heavy atom. The maximum atomic E-state index is 13.5. The van der Waals surface area contributed by atoms with Crippen LogP contribution >= 0.6 is 31.9 Å². The Labute approximate surface area is 414 Å². The van der Waals surface area contributed by atoms with Crippen LogP contribution < -0.4 is 0 Å². The van der Waals surface area contributed by atoms with Crippen molar-refractivity contribution < 1.29 is 26.3 Å². The number of benzene rings is 6. The summed E-state index contributed by atoms with van der Waals surface area (Å²) >= 11 is 7.51. The van der Waals surface area contributed by atoms with Gasteiger partial charge in [0.05, 0.1) is 27.3 Å². The Morgan fingerprint density at radius 2 is 0.662 bits per heavy atom. The molecule has 0 radical (unpaired) electrons. The van der Waals surface area contributed by atoms with Crippen LogP contribution in [0.1, 0.15) is 105 Å². The Hall–Kier alpha value is -4.75. The predicted octanol–water partition coefficient (Wildman–Crippen LogP) is 19.2. The lowest BCUT2D eigenvalue weighted by Gasteiger charge is -2.39. The molecule has 0 nitrogen and oxygen atoms in total. The number of fused-ring (bicyclic) bond motifs is 4. The van der Waals surface area contributed by atoms with Crippen molar-refractivity contribution >= 4 is 72.3 Å². The SMILES string of the molecule is CC1=Cc2c(-c3cccc(C(F)(F)F)c3)cccc2C1[Si](C)(C)C1C(C)=Cc2c(-c3cccc(C(F)(F)F)c3)cccc21.CC1=Cc2c(Br)cccc2C1[Si](C)(C)C1C(C)=Cc2c(Br)cccc21. The molecular weight excluding hydrogens is 1030 g/mol. The van der Waals surface area contributed by atoms with E-state index in [0.717, 1.165) is 45.5 Å². The zero-order valence-electron chi connectivity index (χ0n) is 39.2. The second-order valence-electron chi connectivity index (χ2n) is 20.2. The summed E-state index contributed by atoms with van der Waals surface area (Å²) in [6, 6.07) is 36.1. The molecule has 4 unspecified atom stereocenters. The van der Waals surface area contributed by atoms with Crippen LogP contribution in [-0.2, 0) is 12.4 Å². The third kappa shape index (κ3) is 8.34. The molecule has 0 N–H and O–H groups in total. The predicted molar refractivity (Wildman–Crippen MR) is 283 cm³/mol. The van der Waals surface area contributed by atoms with E-state index in [1.807, 2.05) is 24.3 Å². The molecule has 4 atom stereocenters. The Kier molecular flexibility index (Phi) is 12.5. The minimum absolute atomic E-state index is 0.116. The van der Waals surface area contributed by atoms with Crippen molar-refractivity contribution in [1.29, 1.82) is 0 Å². The van der Waals surface area contributed by atoms with Crippen LogP contribution in [0.4, 0.5) is 26.3 Å². The van der Waals surface area contributed by atoms with Gasteiger partial charge in [0.2, 0.25) is 0 Å². The third-order valence-electron chi connectivity index (χ3n) is 15.0. The quantitative estimate of drug-likeness (QED) is 0.115. The average Bonchev–Trinajstić information content (AvgIpc) is 4.02. The fraction of sp³-hybridized carbons (Fsp3) is 0.241. The zero-order chi connectivity index (χ0) is 48.8. The number of alkyl halides is 6. The zero-order valence-corrected chi connectivity index (χ0v) is 44.4. The van der Waals surface area contributed by atoms with Gasteiger partial charge < -0.3 is 0 Å². The number of hydrogen-bond donors (Lipinski definition) is 0. The minimum atomic E-state index is -4.43. The fourth-order valence-corrected chi connectivity index (χ4v) is 23.5. The molecule has 0 fully saturated rings. The lowest BCUT2D eigenvalue weighted by Crippen LogP contribution is -2.42. The fourth-order valence-electron chi connectivity index (χ4n) is 12.6. The Bertz CT molecular complexity index is 2940. The van der Waals surface area contributed by atoms with Crippen molar-refractivity contribution in [1.82, 2.24) is 0 Å². The van der Waals surface area contributed by atoms with Crippen LogP contribution in [0.25, 0.3) is 46.6 Å². The molecule has 348 valence electrons. The molecule has 10 heteroatoms. The molecule has 0 aliphatic heterocycles. The molecular formula is C58H52Br2F6Si2. The third-order valence-corrected chi connectivity index (χ3v) is 25.4. The number of rotatable bonds is 6. The second kappa shape index (κ2) is 17.6. The van der Waals surface area contributed by atoms with Gasteiger partial charge in [-0.2, -0.15) is 26.3 Å². The molecule has 0 bridgehead atoms. The van der Waals surface area contributed by atoms with E-state index in [0.29, 0.717) is 22.2 Å². The van der Waals surface area contributed by atoms with Gasteiger partial charge >= 0.3 is 12.4 Å². The molecule has 0 heterocycles. The van der Waals surface area contributed by atoms with Crippen molar-refractivity contribution in [2.45, 2.75) is 88.4 Å². The lowest BCUT2D eigenvalue weighted by atomic mass is 9.95. The summed E-state index contributed by atoms with van der Waals surface area (Å²) in [5.74, 6) is 0. The van der Waals surface area contributed by atoms with Crippen LogP contribution in [-0.4, -0.2) is 16.1 Å². The average molecular weight is 1080 g/mol. The van der Waals surface area contributed by atoms with E-state index < -0.39 is 39.6 Å². The highest BCUT2D eigenvalue weighted by Crippen LogP contribution is 2.56. The summed E-state index contributed by atoms with van der Waals surface area (Å²) < 4.78 is 83.5. The summed E-state index contributed by atoms with van der Waals surface area (Å²) in [5, 5.41) is 0. The minimum Gasteiger partial charge on any atom is -0.166 e. The highest BCUT2D eigenvalue weighted by molar-refractivity contribution is 9.10. The summed E-state index contributed by atoms with van der Waals surface area (Å²) in [6.45, 7) is 18.7. The standard InChI is InChI=1S/C36H30F6Si.C22H22Br2Si/c1-21-17-31-27(23-9-5-11-25(19-23)35(37,38)39)13-7-15-29(31)33(21)43(3,4)34-22(2)18-32-28(14-8-16-30(32)34)24-10-6-12-26(20-24)36(40,41)42;1-13-11-17-15(7-5-9-19(17)23)21(13)25(3,4)22-14(2)12-18-16(22)8-6-10-20(18)24/h5-20,33-34H,1-4H3;5-12,21-22H,1-4H3. The van der Waals surface area contributed by atoms with Crippen molar-refractivity contribution in [2.75, 3.05) is 0 Å². The van der Waals surface area contributed by atoms with Crippen LogP contribution in [0.5, 0.6) is 0 Å². The van der Waals surface area contributed by atoms with Gasteiger partial charge in [0.25, 0.3) is 0 Å². The summed E-state index contributed by atoms with van der Waals surface area (Å²) in [4.78, 5) is 0. The number of allylic oxidation sites excluding steroid dienone is 4. The molecule has 0 saturated carbocycles. The van der Waals surface area contributed by atoms with Crippen LogP contribution in [0.15, 0.2) is 153 Å². The maximum Gasteiger partial charge on any atom is 0.416 e. The molecule has 4 aliphatic rings. The summed E-state index contributed by atoms with van der Waals surface area (Å²) in [5.41, 5.74) is 18.0. The van der Waals surface area contributed by atoms with Crippen LogP contribution in [0, 0.1) is 0 Å². The first-order valence-corrected chi connectivity index (χ1v) is 30.8. The Balaban J connectivity index is 0.000000195. The molecule has 10 rings (SSSR count). The van der Waals surface area contributed by atoms with E-state index in [-0.39, 0.29) is 11.1 Å². The summed E-state index contributed by atoms with van der Waals surface area (Å²) in [6.07, 6.45) is 0.188. The highest BCUT2D eigenvalue weighted by Gasteiger charge is 2.49. The first-order chi connectivity index (χ1) is 32.0. The van der Waals surface area contributed by atoms with Crippen molar-refractivity contribution in [3.05, 3.63) is 208 Å². The lowest BCUT2D eigenvalue weighted by molar-refractivity contribution is -0.138. The topological polar surface area (TPSA) is 0 Å². The van der Waals surface area contributed by atoms with Crippen LogP contribution in [0.3, 0.4) is 0 Å². The van der Waals surface area contributed by atoms with Gasteiger partial charge in [0, 0.05) is 31.1 Å². The first-order valence-electron chi connectivity index (χ1n) is 22.9. The molecule has 68 heavy (non-hydrogen) atoms. The van der Waals surface area contributed by atoms with Gasteiger partial charge in [0.15, 0.2) is 0 Å². The van der Waals surface area contributed by atoms with E-state index in [2.05, 4.69) is 159 Å². The van der Waals surface area contributed by atoms with Gasteiger partial charge in [-0.15, -0.1) is 0 Å². The smallest absolute Gasteiger partial charge is 0.166 e. The van der Waals surface area contributed by atoms with E-state index in [4.69, 9.17) is 0 Å². The molecule has 6 aromatic carbocycles. The molecule has 6 aromatic rings. The molecule has 4 aliphatic carbocycles. The molecule has 0 saturated heterocycles. The summed E-state index contributed by atoms with van der Waals surface area (Å²) in [7, 11) is -3.98. The van der Waals surface area contributed by atoms with Gasteiger partial charge in [-0.3, -0.25) is 0 Å². The van der Waals surface area contributed by atoms with Gasteiger partial charge in [-0.05, 0) is 131 Å². The van der Waals surface area contributed by atoms with E-state index in [9.17, 15) is 26.3 Å². The van der Waals surface area contributed by atoms with E-state index >= 15 is 0 Å². The van der Waals surface area contributed by atoms with Gasteiger partial charge in [-0.1, -0.05) is 190 Å². The number of halogens is 8. The maximum absolute atomic E-state index is 13.5. The van der Waals surface area contributed by atoms with Crippen molar-refractivity contribution in [3.63, 3.8) is 0 Å². The normalized spacial score (nSPS) is 19.5. The molecule has 0 spiro atoms. The highest BCUT2D eigenvalue weighted by atomic mass is 79.9. The monoisotopic (exact) mass is 1080 g/mol. The molecule has 0 amide bonds. The van der Waals surface area contributed by atoms with E-state index in [1.165, 1.54) is 77.8 Å². The molecule has 0 aromatic heterocycles. The van der Waals surface area contributed by atoms with Crippen molar-refractivity contribution in [2.24, 2.45) is 0 Å². The Morgan fingerprint density at radius 1 is 0.382 bits per heavy atom. The number of hydrogen-bond acceptors (Lipinski definition) is 0. The largest absolute Gasteiger partial charge is 0.416 e. The van der Waals surface area contributed by atoms with Crippen LogP contribution in [0.2, 0.25) is 26.2 Å². The van der Waals surface area contributed by atoms with Crippen molar-refractivity contribution in [3.8, 4) is 22.3 Å². The first kappa shape index (κ1) is 48.3.